The van der Waals surface area contributed by atoms with Crippen LogP contribution in [0.25, 0.3) is 0 Å². The molecule has 1 aromatic rings. The van der Waals surface area contributed by atoms with Gasteiger partial charge in [-0.1, -0.05) is 0 Å². The zero-order valence-corrected chi connectivity index (χ0v) is 9.77. The van der Waals surface area contributed by atoms with Gasteiger partial charge in [0, 0.05) is 17.8 Å². The van der Waals surface area contributed by atoms with Gasteiger partial charge in [0.05, 0.1) is 4.92 Å². The first-order chi connectivity index (χ1) is 8.18. The molecule has 0 bridgehead atoms. The van der Waals surface area contributed by atoms with E-state index in [2.05, 4.69) is 15.6 Å². The number of piperidine rings is 1. The highest BCUT2D eigenvalue weighted by atomic mass is 16.6. The molecule has 0 radical (unpaired) electrons. The molecular weight excluding hydrogens is 220 g/mol. The molecule has 0 atom stereocenters. The fourth-order valence-corrected chi connectivity index (χ4v) is 2.05. The van der Waals surface area contributed by atoms with Crippen LogP contribution in [0.4, 0.5) is 11.5 Å². The quantitative estimate of drug-likeness (QED) is 0.613. The lowest BCUT2D eigenvalue weighted by atomic mass is 10.1. The van der Waals surface area contributed by atoms with Gasteiger partial charge in [0.2, 0.25) is 5.82 Å². The predicted octanol–water partition coefficient (Wildman–Crippen LogP) is 1.46. The molecule has 1 aromatic heterocycles. The van der Waals surface area contributed by atoms with E-state index in [-0.39, 0.29) is 16.7 Å². The molecule has 92 valence electrons. The highest BCUT2D eigenvalue weighted by Crippen LogP contribution is 2.26. The highest BCUT2D eigenvalue weighted by molar-refractivity contribution is 5.60. The molecule has 0 spiro atoms. The third-order valence-electron chi connectivity index (χ3n) is 2.99. The predicted molar refractivity (Wildman–Crippen MR) is 65.1 cm³/mol. The van der Waals surface area contributed by atoms with Gasteiger partial charge in [-0.15, -0.1) is 0 Å². The second-order valence-electron chi connectivity index (χ2n) is 4.25. The zero-order valence-electron chi connectivity index (χ0n) is 9.77. The molecule has 2 rings (SSSR count). The van der Waals surface area contributed by atoms with Gasteiger partial charge in [-0.05, 0) is 38.9 Å². The van der Waals surface area contributed by atoms with Gasteiger partial charge < -0.3 is 10.6 Å². The van der Waals surface area contributed by atoms with Crippen molar-refractivity contribution in [3.63, 3.8) is 0 Å². The Labute approximate surface area is 99.6 Å². The van der Waals surface area contributed by atoms with Crippen molar-refractivity contribution in [2.75, 3.05) is 18.4 Å². The second kappa shape index (κ2) is 5.09. The summed E-state index contributed by atoms with van der Waals surface area (Å²) in [5, 5.41) is 17.4. The van der Waals surface area contributed by atoms with Crippen molar-refractivity contribution in [3.8, 4) is 0 Å². The van der Waals surface area contributed by atoms with E-state index in [1.54, 1.807) is 19.2 Å². The molecule has 0 unspecified atom stereocenters. The summed E-state index contributed by atoms with van der Waals surface area (Å²) in [6.45, 7) is 3.61. The number of hydrogen-bond donors (Lipinski definition) is 2. The lowest BCUT2D eigenvalue weighted by molar-refractivity contribution is -0.384. The molecule has 2 heterocycles. The number of rotatable bonds is 3. The number of hydrogen-bond acceptors (Lipinski definition) is 5. The van der Waals surface area contributed by atoms with Crippen LogP contribution in [0.5, 0.6) is 0 Å². The lowest BCUT2D eigenvalue weighted by Crippen LogP contribution is -2.35. The van der Waals surface area contributed by atoms with Crippen molar-refractivity contribution in [2.24, 2.45) is 0 Å². The van der Waals surface area contributed by atoms with Crippen molar-refractivity contribution in [1.29, 1.82) is 0 Å². The number of aromatic nitrogens is 1. The van der Waals surface area contributed by atoms with Gasteiger partial charge >= 0.3 is 5.69 Å². The largest absolute Gasteiger partial charge is 0.362 e. The van der Waals surface area contributed by atoms with E-state index in [4.69, 9.17) is 0 Å². The van der Waals surface area contributed by atoms with Gasteiger partial charge in [0.1, 0.15) is 0 Å². The molecule has 2 N–H and O–H groups in total. The minimum absolute atomic E-state index is 0.0889. The van der Waals surface area contributed by atoms with Crippen molar-refractivity contribution < 1.29 is 4.92 Å². The van der Waals surface area contributed by atoms with Crippen LogP contribution in [0.2, 0.25) is 0 Å². The Morgan fingerprint density at radius 3 is 2.88 bits per heavy atom. The Balaban J connectivity index is 2.19. The Kier molecular flexibility index (Phi) is 3.53. The maximum Gasteiger partial charge on any atom is 0.314 e. The summed E-state index contributed by atoms with van der Waals surface area (Å²) in [7, 11) is 0. The van der Waals surface area contributed by atoms with Crippen LogP contribution in [0.3, 0.4) is 0 Å². The van der Waals surface area contributed by atoms with Gasteiger partial charge in [-0.2, -0.15) is 0 Å². The molecule has 1 aliphatic rings. The maximum atomic E-state index is 11.0. The molecule has 17 heavy (non-hydrogen) atoms. The molecule has 6 heteroatoms. The number of aryl methyl sites for hydroxylation is 1. The Bertz CT molecular complexity index is 416. The van der Waals surface area contributed by atoms with Crippen LogP contribution in [0.1, 0.15) is 18.4 Å². The maximum absolute atomic E-state index is 11.0. The minimum Gasteiger partial charge on any atom is -0.362 e. The van der Waals surface area contributed by atoms with Crippen molar-refractivity contribution in [1.82, 2.24) is 10.3 Å². The van der Waals surface area contributed by atoms with E-state index < -0.39 is 0 Å². The summed E-state index contributed by atoms with van der Waals surface area (Å²) in [4.78, 5) is 14.7. The van der Waals surface area contributed by atoms with Crippen LogP contribution >= 0.6 is 0 Å². The number of pyridine rings is 1. The van der Waals surface area contributed by atoms with Gasteiger partial charge in [-0.3, -0.25) is 10.1 Å². The van der Waals surface area contributed by atoms with E-state index >= 15 is 0 Å². The Morgan fingerprint density at radius 2 is 2.24 bits per heavy atom. The van der Waals surface area contributed by atoms with Crippen molar-refractivity contribution >= 4 is 11.5 Å². The molecule has 6 nitrogen and oxygen atoms in total. The van der Waals surface area contributed by atoms with E-state index in [1.807, 2.05) is 0 Å². The fourth-order valence-electron chi connectivity index (χ4n) is 2.05. The number of nitrogens with one attached hydrogen (secondary N) is 2. The summed E-state index contributed by atoms with van der Waals surface area (Å²) in [6.07, 6.45) is 3.53. The van der Waals surface area contributed by atoms with Crippen molar-refractivity contribution in [2.45, 2.75) is 25.8 Å². The van der Waals surface area contributed by atoms with Gasteiger partial charge in [-0.25, -0.2) is 4.98 Å². The molecule has 0 amide bonds. The van der Waals surface area contributed by atoms with Gasteiger partial charge in [0.25, 0.3) is 0 Å². The fraction of sp³-hybridized carbons (Fsp3) is 0.545. The monoisotopic (exact) mass is 236 g/mol. The first-order valence-corrected chi connectivity index (χ1v) is 5.75. The molecule has 0 aromatic carbocycles. The molecular formula is C11H16N4O2. The third-order valence-corrected chi connectivity index (χ3v) is 2.99. The third kappa shape index (κ3) is 2.71. The number of anilines is 1. The van der Waals surface area contributed by atoms with E-state index in [9.17, 15) is 10.1 Å². The van der Waals surface area contributed by atoms with E-state index in [0.29, 0.717) is 11.4 Å². The molecule has 1 saturated heterocycles. The summed E-state index contributed by atoms with van der Waals surface area (Å²) in [6, 6.07) is 1.93. The summed E-state index contributed by atoms with van der Waals surface area (Å²) >= 11 is 0. The zero-order chi connectivity index (χ0) is 12.3. The Morgan fingerprint density at radius 1 is 1.53 bits per heavy atom. The van der Waals surface area contributed by atoms with Crippen molar-refractivity contribution in [3.05, 3.63) is 27.9 Å². The molecule has 1 fully saturated rings. The highest BCUT2D eigenvalue weighted by Gasteiger charge is 2.21. The van der Waals surface area contributed by atoms with Crippen LogP contribution in [0, 0.1) is 17.0 Å². The summed E-state index contributed by atoms with van der Waals surface area (Å²) in [5.41, 5.74) is 0.729. The minimum atomic E-state index is -0.369. The van der Waals surface area contributed by atoms with Crippen LogP contribution in [-0.2, 0) is 0 Å². The summed E-state index contributed by atoms with van der Waals surface area (Å²) in [5.74, 6) is 0.391. The van der Waals surface area contributed by atoms with E-state index in [0.717, 1.165) is 25.9 Å². The number of nitro groups is 1. The topological polar surface area (TPSA) is 80.1 Å². The average Bonchev–Trinajstić information content (AvgIpc) is 2.30. The summed E-state index contributed by atoms with van der Waals surface area (Å²) < 4.78 is 0. The SMILES string of the molecule is Cc1ccnc(NC2CCNCC2)c1[N+](=O)[O-]. The van der Waals surface area contributed by atoms with Gasteiger partial charge in [0.15, 0.2) is 0 Å². The van der Waals surface area contributed by atoms with Crippen LogP contribution in [0.15, 0.2) is 12.3 Å². The number of nitrogens with zero attached hydrogens (tertiary/aromatic N) is 2. The van der Waals surface area contributed by atoms with Crippen LogP contribution < -0.4 is 10.6 Å². The average molecular weight is 236 g/mol. The molecule has 0 saturated carbocycles. The molecule has 1 aliphatic heterocycles. The smallest absolute Gasteiger partial charge is 0.314 e. The lowest BCUT2D eigenvalue weighted by Gasteiger charge is -2.24. The first-order valence-electron chi connectivity index (χ1n) is 5.75. The second-order valence-corrected chi connectivity index (χ2v) is 4.25. The van der Waals surface area contributed by atoms with Crippen LogP contribution in [-0.4, -0.2) is 29.0 Å². The standard InChI is InChI=1S/C11H16N4O2/c1-8-2-7-13-11(10(8)15(16)17)14-9-3-5-12-6-4-9/h2,7,9,12H,3-6H2,1H3,(H,13,14). The first kappa shape index (κ1) is 11.8. The molecule has 0 aliphatic carbocycles. The normalized spacial score (nSPS) is 16.8. The van der Waals surface area contributed by atoms with E-state index in [1.165, 1.54) is 0 Å². The Hall–Kier alpha value is -1.69.